The Balaban J connectivity index is 1.55. The molecule has 1 N–H and O–H groups in total. The number of hydrogen-bond acceptors (Lipinski definition) is 8. The zero-order chi connectivity index (χ0) is 23.8. The van der Waals surface area contributed by atoms with E-state index in [0.29, 0.717) is 22.8 Å². The third kappa shape index (κ3) is 3.67. The molecule has 1 fully saturated rings. The Hall–Kier alpha value is -4.19. The number of fused-ring (bicyclic) bond motifs is 1. The summed E-state index contributed by atoms with van der Waals surface area (Å²) in [4.78, 5) is 6.69. The van der Waals surface area contributed by atoms with E-state index in [1.54, 1.807) is 19.5 Å². The van der Waals surface area contributed by atoms with Crippen molar-refractivity contribution < 1.29 is 9.47 Å². The summed E-state index contributed by atoms with van der Waals surface area (Å²) in [6, 6.07) is 7.91. The van der Waals surface area contributed by atoms with Crippen molar-refractivity contribution in [2.45, 2.75) is 33.3 Å². The van der Waals surface area contributed by atoms with Crippen molar-refractivity contribution in [3.05, 3.63) is 53.0 Å². The largest absolute Gasteiger partial charge is 0.493 e. The zero-order valence-corrected chi connectivity index (χ0v) is 19.6. The van der Waals surface area contributed by atoms with E-state index in [2.05, 4.69) is 36.3 Å². The van der Waals surface area contributed by atoms with Crippen LogP contribution >= 0.6 is 0 Å². The summed E-state index contributed by atoms with van der Waals surface area (Å²) >= 11 is 0. The van der Waals surface area contributed by atoms with Gasteiger partial charge in [-0.25, -0.2) is 4.98 Å². The Bertz CT molecular complexity index is 1400. The van der Waals surface area contributed by atoms with Gasteiger partial charge in [0.1, 0.15) is 23.7 Å². The number of ether oxygens (including phenoxy) is 2. The predicted octanol–water partition coefficient (Wildman–Crippen LogP) is 4.26. The smallest absolute Gasteiger partial charge is 0.162 e. The molecule has 0 aliphatic carbocycles. The van der Waals surface area contributed by atoms with E-state index >= 15 is 0 Å². The molecule has 1 aliphatic heterocycles. The summed E-state index contributed by atoms with van der Waals surface area (Å²) in [6.07, 6.45) is 4.36. The SMILES string of the molecule is COc1cc2[nH]nc(-c3cnc(N4CCC4)c(C#N)c3)c2cc1OC(C)c1c(C)cnnc1C. The molecule has 9 nitrogen and oxygen atoms in total. The Morgan fingerprint density at radius 1 is 1.15 bits per heavy atom. The topological polar surface area (TPSA) is 113 Å². The maximum absolute atomic E-state index is 9.70. The number of benzene rings is 1. The first-order valence-corrected chi connectivity index (χ1v) is 11.2. The number of anilines is 1. The fourth-order valence-electron chi connectivity index (χ4n) is 4.42. The van der Waals surface area contributed by atoms with E-state index in [1.165, 1.54) is 0 Å². The van der Waals surface area contributed by atoms with Gasteiger partial charge in [-0.05, 0) is 44.9 Å². The molecule has 0 saturated carbocycles. The van der Waals surface area contributed by atoms with Crippen LogP contribution in [0.4, 0.5) is 5.82 Å². The lowest BCUT2D eigenvalue weighted by Gasteiger charge is -2.32. The molecule has 0 radical (unpaired) electrons. The highest BCUT2D eigenvalue weighted by molar-refractivity contribution is 5.95. The minimum absolute atomic E-state index is 0.264. The van der Waals surface area contributed by atoms with E-state index in [1.807, 2.05) is 39.0 Å². The number of aryl methyl sites for hydroxylation is 2. The molecule has 1 aromatic carbocycles. The Morgan fingerprint density at radius 3 is 2.65 bits per heavy atom. The second-order valence-electron chi connectivity index (χ2n) is 8.46. The molecular weight excluding hydrogens is 430 g/mol. The average Bonchev–Trinajstić information content (AvgIpc) is 3.20. The Labute approximate surface area is 197 Å². The van der Waals surface area contributed by atoms with Crippen molar-refractivity contribution >= 4 is 16.7 Å². The average molecular weight is 456 g/mol. The van der Waals surface area contributed by atoms with Gasteiger partial charge >= 0.3 is 0 Å². The van der Waals surface area contributed by atoms with Crippen molar-refractivity contribution in [3.8, 4) is 28.8 Å². The van der Waals surface area contributed by atoms with Crippen LogP contribution < -0.4 is 14.4 Å². The fourth-order valence-corrected chi connectivity index (χ4v) is 4.42. The van der Waals surface area contributed by atoms with Gasteiger partial charge in [-0.2, -0.15) is 20.6 Å². The van der Waals surface area contributed by atoms with Crippen LogP contribution in [0.25, 0.3) is 22.2 Å². The van der Waals surface area contributed by atoms with Crippen molar-refractivity contribution in [1.29, 1.82) is 5.26 Å². The lowest BCUT2D eigenvalue weighted by atomic mass is 10.0. The van der Waals surface area contributed by atoms with Crippen LogP contribution in [0, 0.1) is 25.2 Å². The summed E-state index contributed by atoms with van der Waals surface area (Å²) in [5, 5.41) is 26.3. The normalized spacial score (nSPS) is 13.9. The number of H-pyrrole nitrogens is 1. The van der Waals surface area contributed by atoms with Crippen molar-refractivity contribution in [2.75, 3.05) is 25.1 Å². The van der Waals surface area contributed by atoms with Crippen molar-refractivity contribution in [2.24, 2.45) is 0 Å². The van der Waals surface area contributed by atoms with E-state index in [9.17, 15) is 5.26 Å². The van der Waals surface area contributed by atoms with Crippen LogP contribution in [-0.2, 0) is 0 Å². The number of nitrogens with zero attached hydrogens (tertiary/aromatic N) is 6. The van der Waals surface area contributed by atoms with E-state index in [-0.39, 0.29) is 6.10 Å². The maximum atomic E-state index is 9.70. The number of methoxy groups -OCH3 is 1. The van der Waals surface area contributed by atoms with Crippen LogP contribution in [-0.4, -0.2) is 45.6 Å². The predicted molar refractivity (Wildman–Crippen MR) is 128 cm³/mol. The van der Waals surface area contributed by atoms with Crippen LogP contribution in [0.2, 0.25) is 0 Å². The highest BCUT2D eigenvalue weighted by Gasteiger charge is 2.22. The van der Waals surface area contributed by atoms with Gasteiger partial charge in [-0.15, -0.1) is 0 Å². The third-order valence-electron chi connectivity index (χ3n) is 6.25. The number of aromatic amines is 1. The number of rotatable bonds is 6. The van der Waals surface area contributed by atoms with Gasteiger partial charge in [-0.3, -0.25) is 5.10 Å². The quantitative estimate of drug-likeness (QED) is 0.459. The van der Waals surface area contributed by atoms with Crippen LogP contribution in [0.3, 0.4) is 0 Å². The minimum Gasteiger partial charge on any atom is -0.493 e. The number of nitrogens with one attached hydrogen (secondary N) is 1. The van der Waals surface area contributed by atoms with Crippen molar-refractivity contribution in [3.63, 3.8) is 0 Å². The second-order valence-corrected chi connectivity index (χ2v) is 8.46. The molecule has 1 saturated heterocycles. The molecule has 34 heavy (non-hydrogen) atoms. The standard InChI is InChI=1S/C25H25N7O2/c1-14-12-28-29-15(2)23(14)16(3)34-22-9-19-20(10-21(22)33-4)30-31-24(19)18-8-17(11-26)25(27-13-18)32-6-5-7-32/h8-10,12-13,16H,5-7H2,1-4H3,(H,30,31). The summed E-state index contributed by atoms with van der Waals surface area (Å²) in [5.41, 5.74) is 5.65. The lowest BCUT2D eigenvalue weighted by Crippen LogP contribution is -2.38. The van der Waals surface area contributed by atoms with Gasteiger partial charge in [-0.1, -0.05) is 0 Å². The molecule has 4 aromatic rings. The summed E-state index contributed by atoms with van der Waals surface area (Å²) in [7, 11) is 1.61. The summed E-state index contributed by atoms with van der Waals surface area (Å²) in [5.74, 6) is 1.91. The van der Waals surface area contributed by atoms with Crippen molar-refractivity contribution in [1.82, 2.24) is 25.4 Å². The van der Waals surface area contributed by atoms with Gasteiger partial charge in [0.15, 0.2) is 11.5 Å². The minimum atomic E-state index is -0.264. The van der Waals surface area contributed by atoms with Gasteiger partial charge < -0.3 is 14.4 Å². The molecule has 0 spiro atoms. The van der Waals surface area contributed by atoms with Gasteiger partial charge in [0.2, 0.25) is 0 Å². The number of hydrogen-bond donors (Lipinski definition) is 1. The van der Waals surface area contributed by atoms with Gasteiger partial charge in [0.25, 0.3) is 0 Å². The first-order chi connectivity index (χ1) is 16.5. The van der Waals surface area contributed by atoms with Crippen LogP contribution in [0.15, 0.2) is 30.6 Å². The molecular formula is C25H25N7O2. The lowest BCUT2D eigenvalue weighted by molar-refractivity contribution is 0.214. The molecule has 1 aliphatic rings. The van der Waals surface area contributed by atoms with E-state index in [0.717, 1.165) is 58.6 Å². The molecule has 1 unspecified atom stereocenters. The molecule has 0 amide bonds. The second kappa shape index (κ2) is 8.63. The molecule has 4 heterocycles. The third-order valence-corrected chi connectivity index (χ3v) is 6.25. The molecule has 1 atom stereocenters. The van der Waals surface area contributed by atoms with Crippen LogP contribution in [0.1, 0.15) is 41.8 Å². The van der Waals surface area contributed by atoms with E-state index < -0.39 is 0 Å². The Morgan fingerprint density at radius 2 is 1.97 bits per heavy atom. The summed E-state index contributed by atoms with van der Waals surface area (Å²) < 4.78 is 12.0. The number of pyridine rings is 1. The molecule has 172 valence electrons. The number of nitriles is 1. The first kappa shape index (κ1) is 21.6. The monoisotopic (exact) mass is 455 g/mol. The highest BCUT2D eigenvalue weighted by Crippen LogP contribution is 2.39. The molecule has 9 heteroatoms. The fraction of sp³-hybridized carbons (Fsp3) is 0.320. The van der Waals surface area contributed by atoms with Gasteiger partial charge in [0.05, 0.1) is 30.1 Å². The molecule has 0 bridgehead atoms. The van der Waals surface area contributed by atoms with Crippen LogP contribution in [0.5, 0.6) is 11.5 Å². The van der Waals surface area contributed by atoms with E-state index in [4.69, 9.17) is 9.47 Å². The van der Waals surface area contributed by atoms with Gasteiger partial charge in [0, 0.05) is 41.9 Å². The molecule has 3 aromatic heterocycles. The number of aromatic nitrogens is 5. The maximum Gasteiger partial charge on any atom is 0.162 e. The summed E-state index contributed by atoms with van der Waals surface area (Å²) in [6.45, 7) is 7.76. The first-order valence-electron chi connectivity index (χ1n) is 11.2. The highest BCUT2D eigenvalue weighted by atomic mass is 16.5. The molecule has 5 rings (SSSR count). The zero-order valence-electron chi connectivity index (χ0n) is 19.6. The Kier molecular flexibility index (Phi) is 5.49.